The second-order valence-electron chi connectivity index (χ2n) is 3.16. The molecule has 2 nitrogen and oxygen atoms in total. The summed E-state index contributed by atoms with van der Waals surface area (Å²) in [4.78, 5) is 0. The van der Waals surface area contributed by atoms with E-state index < -0.39 is 0 Å². The van der Waals surface area contributed by atoms with Crippen molar-refractivity contribution in [2.24, 2.45) is 5.92 Å². The lowest BCUT2D eigenvalue weighted by Gasteiger charge is -2.12. The molecule has 2 heterocycles. The van der Waals surface area contributed by atoms with Gasteiger partial charge in [0.1, 0.15) is 0 Å². The maximum absolute atomic E-state index is 5.56. The van der Waals surface area contributed by atoms with Gasteiger partial charge in [-0.3, -0.25) is 0 Å². The number of hydrogen-bond donors (Lipinski definition) is 0. The Morgan fingerprint density at radius 2 is 2.30 bits per heavy atom. The smallest absolute Gasteiger partial charge is 0.0887 e. The first-order chi connectivity index (χ1) is 4.92. The highest BCUT2D eigenvalue weighted by Crippen LogP contribution is 2.32. The van der Waals surface area contributed by atoms with Crippen molar-refractivity contribution in [1.82, 2.24) is 0 Å². The zero-order valence-corrected chi connectivity index (χ0v) is 6.38. The summed E-state index contributed by atoms with van der Waals surface area (Å²) in [6.45, 7) is 4.04. The monoisotopic (exact) mass is 142 g/mol. The van der Waals surface area contributed by atoms with Gasteiger partial charge in [0.15, 0.2) is 0 Å². The molecule has 0 saturated carbocycles. The lowest BCUT2D eigenvalue weighted by Crippen LogP contribution is -2.21. The van der Waals surface area contributed by atoms with Crippen molar-refractivity contribution in [1.29, 1.82) is 0 Å². The van der Waals surface area contributed by atoms with E-state index >= 15 is 0 Å². The molecule has 0 N–H and O–H groups in total. The third kappa shape index (κ3) is 0.867. The summed E-state index contributed by atoms with van der Waals surface area (Å²) >= 11 is 0. The standard InChI is InChI=1S/C8H14O2/c1-2-6-5-10-7-3-4-9-8(6)7/h6-8H,2-5H2,1H3/t6-,7-,8?/m1/s1. The molecule has 0 aromatic heterocycles. The molecule has 0 radical (unpaired) electrons. The van der Waals surface area contributed by atoms with Gasteiger partial charge in [0.2, 0.25) is 0 Å². The van der Waals surface area contributed by atoms with Crippen molar-refractivity contribution in [3.05, 3.63) is 0 Å². The summed E-state index contributed by atoms with van der Waals surface area (Å²) in [5, 5.41) is 0. The van der Waals surface area contributed by atoms with E-state index in [2.05, 4.69) is 6.92 Å². The number of fused-ring (bicyclic) bond motifs is 1. The van der Waals surface area contributed by atoms with E-state index in [9.17, 15) is 0 Å². The van der Waals surface area contributed by atoms with Gasteiger partial charge in [0.05, 0.1) is 18.8 Å². The van der Waals surface area contributed by atoms with Gasteiger partial charge in [-0.25, -0.2) is 0 Å². The molecule has 58 valence electrons. The molecule has 2 heteroatoms. The Hall–Kier alpha value is -0.0800. The summed E-state index contributed by atoms with van der Waals surface area (Å²) in [6.07, 6.45) is 3.18. The van der Waals surface area contributed by atoms with Crippen molar-refractivity contribution in [2.75, 3.05) is 13.2 Å². The molecule has 3 atom stereocenters. The van der Waals surface area contributed by atoms with Gasteiger partial charge < -0.3 is 9.47 Å². The Balaban J connectivity index is 2.01. The zero-order valence-electron chi connectivity index (χ0n) is 6.38. The molecule has 2 aliphatic rings. The van der Waals surface area contributed by atoms with Crippen LogP contribution in [0.4, 0.5) is 0 Å². The summed E-state index contributed by atoms with van der Waals surface area (Å²) in [5.74, 6) is 0.674. The van der Waals surface area contributed by atoms with E-state index in [0.717, 1.165) is 19.6 Å². The van der Waals surface area contributed by atoms with E-state index in [0.29, 0.717) is 18.1 Å². The highest BCUT2D eigenvalue weighted by atomic mass is 16.6. The minimum Gasteiger partial charge on any atom is -0.375 e. The SMILES string of the molecule is CC[C@@H]1CO[C@@H]2CCOC12. The molecule has 1 unspecified atom stereocenters. The van der Waals surface area contributed by atoms with Gasteiger partial charge in [0.25, 0.3) is 0 Å². The molecule has 10 heavy (non-hydrogen) atoms. The van der Waals surface area contributed by atoms with Crippen LogP contribution in [0.3, 0.4) is 0 Å². The average Bonchev–Trinajstić information content (AvgIpc) is 2.44. The fraction of sp³-hybridized carbons (Fsp3) is 1.00. The first-order valence-corrected chi connectivity index (χ1v) is 4.15. The third-order valence-electron chi connectivity index (χ3n) is 2.59. The summed E-state index contributed by atoms with van der Waals surface area (Å²) in [7, 11) is 0. The predicted molar refractivity (Wildman–Crippen MR) is 37.9 cm³/mol. The van der Waals surface area contributed by atoms with Crippen LogP contribution >= 0.6 is 0 Å². The topological polar surface area (TPSA) is 18.5 Å². The van der Waals surface area contributed by atoms with Crippen LogP contribution < -0.4 is 0 Å². The fourth-order valence-corrected chi connectivity index (χ4v) is 1.90. The molecule has 2 rings (SSSR count). The van der Waals surface area contributed by atoms with Crippen molar-refractivity contribution in [3.63, 3.8) is 0 Å². The largest absolute Gasteiger partial charge is 0.375 e. The van der Waals surface area contributed by atoms with Crippen LogP contribution in [-0.4, -0.2) is 25.4 Å². The summed E-state index contributed by atoms with van der Waals surface area (Å²) in [6, 6.07) is 0. The number of hydrogen-bond acceptors (Lipinski definition) is 2. The molecule has 0 aromatic carbocycles. The quantitative estimate of drug-likeness (QED) is 0.547. The molecule has 0 amide bonds. The van der Waals surface area contributed by atoms with Crippen LogP contribution in [-0.2, 0) is 9.47 Å². The molecule has 0 bridgehead atoms. The first-order valence-electron chi connectivity index (χ1n) is 4.15. The highest BCUT2D eigenvalue weighted by molar-refractivity contribution is 4.87. The fourth-order valence-electron chi connectivity index (χ4n) is 1.90. The van der Waals surface area contributed by atoms with Crippen LogP contribution in [0.5, 0.6) is 0 Å². The second kappa shape index (κ2) is 2.51. The minimum absolute atomic E-state index is 0.435. The van der Waals surface area contributed by atoms with Gasteiger partial charge in [-0.2, -0.15) is 0 Å². The Labute approximate surface area is 61.5 Å². The van der Waals surface area contributed by atoms with E-state index in [4.69, 9.17) is 9.47 Å². The molecular weight excluding hydrogens is 128 g/mol. The maximum Gasteiger partial charge on any atom is 0.0887 e. The van der Waals surface area contributed by atoms with Crippen molar-refractivity contribution in [3.8, 4) is 0 Å². The van der Waals surface area contributed by atoms with Gasteiger partial charge in [-0.15, -0.1) is 0 Å². The van der Waals surface area contributed by atoms with Gasteiger partial charge in [-0.05, 0) is 12.8 Å². The Kier molecular flexibility index (Phi) is 1.66. The van der Waals surface area contributed by atoms with Crippen LogP contribution in [0.25, 0.3) is 0 Å². The second-order valence-corrected chi connectivity index (χ2v) is 3.16. The molecule has 2 saturated heterocycles. The molecular formula is C8H14O2. The lowest BCUT2D eigenvalue weighted by atomic mass is 10.00. The zero-order chi connectivity index (χ0) is 6.97. The Bertz CT molecular complexity index is 124. The van der Waals surface area contributed by atoms with Crippen LogP contribution in [0.2, 0.25) is 0 Å². The van der Waals surface area contributed by atoms with Gasteiger partial charge >= 0.3 is 0 Å². The van der Waals surface area contributed by atoms with Gasteiger partial charge in [-0.1, -0.05) is 6.92 Å². The van der Waals surface area contributed by atoms with Crippen LogP contribution in [0.1, 0.15) is 19.8 Å². The average molecular weight is 142 g/mol. The molecule has 2 fully saturated rings. The minimum atomic E-state index is 0.435. The molecule has 0 aliphatic carbocycles. The number of rotatable bonds is 1. The normalized spacial score (nSPS) is 45.9. The van der Waals surface area contributed by atoms with E-state index in [1.807, 2.05) is 0 Å². The molecule has 0 spiro atoms. The highest BCUT2D eigenvalue weighted by Gasteiger charge is 2.40. The van der Waals surface area contributed by atoms with Crippen LogP contribution in [0.15, 0.2) is 0 Å². The van der Waals surface area contributed by atoms with Crippen molar-refractivity contribution in [2.45, 2.75) is 32.0 Å². The summed E-state index contributed by atoms with van der Waals surface area (Å²) in [5.41, 5.74) is 0. The lowest BCUT2D eigenvalue weighted by molar-refractivity contribution is 0.0630. The Morgan fingerprint density at radius 1 is 1.40 bits per heavy atom. The molecule has 0 aromatic rings. The third-order valence-corrected chi connectivity index (χ3v) is 2.59. The van der Waals surface area contributed by atoms with Crippen molar-refractivity contribution >= 4 is 0 Å². The van der Waals surface area contributed by atoms with Gasteiger partial charge in [0, 0.05) is 12.5 Å². The number of ether oxygens (including phenoxy) is 2. The maximum atomic E-state index is 5.56. The Morgan fingerprint density at radius 3 is 3.10 bits per heavy atom. The predicted octanol–water partition coefficient (Wildman–Crippen LogP) is 1.20. The van der Waals surface area contributed by atoms with Crippen LogP contribution in [0, 0.1) is 5.92 Å². The van der Waals surface area contributed by atoms with E-state index in [1.165, 1.54) is 6.42 Å². The molecule has 2 aliphatic heterocycles. The van der Waals surface area contributed by atoms with E-state index in [-0.39, 0.29) is 0 Å². The first kappa shape index (κ1) is 6.62. The summed E-state index contributed by atoms with van der Waals surface area (Å²) < 4.78 is 11.1. The van der Waals surface area contributed by atoms with Crippen molar-refractivity contribution < 1.29 is 9.47 Å². The van der Waals surface area contributed by atoms with E-state index in [1.54, 1.807) is 0 Å².